The zero-order chi connectivity index (χ0) is 40.1. The molecule has 322 valence electrons. The second-order valence-electron chi connectivity index (χ2n) is 16.1. The van der Waals surface area contributed by atoms with Crippen molar-refractivity contribution in [2.45, 2.75) is 251 Å². The van der Waals surface area contributed by atoms with Crippen molar-refractivity contribution >= 4 is 11.9 Å². The normalized spacial score (nSPS) is 13.0. The molecule has 0 aromatic rings. The Bertz CT molecular complexity index is 900. The van der Waals surface area contributed by atoms with Crippen LogP contribution in [-0.4, -0.2) is 47.4 Å². The van der Waals surface area contributed by atoms with Gasteiger partial charge in [0.15, 0.2) is 0 Å². The Hall–Kier alpha value is -1.92. The number of amides is 1. The average Bonchev–Trinajstić information content (AvgIpc) is 3.18. The monoisotopic (exact) mass is 774 g/mol. The summed E-state index contributed by atoms with van der Waals surface area (Å²) in [4.78, 5) is 24.3. The largest absolute Gasteiger partial charge is 0.466 e. The fourth-order valence-corrected chi connectivity index (χ4v) is 6.98. The topological polar surface area (TPSA) is 95.9 Å². The molecule has 2 unspecified atom stereocenters. The molecule has 0 saturated carbocycles. The van der Waals surface area contributed by atoms with Gasteiger partial charge in [-0.1, -0.05) is 211 Å². The van der Waals surface area contributed by atoms with Crippen LogP contribution in [0.3, 0.4) is 0 Å². The Morgan fingerprint density at radius 3 is 1.42 bits per heavy atom. The van der Waals surface area contributed by atoms with Crippen LogP contribution in [0.1, 0.15) is 239 Å². The van der Waals surface area contributed by atoms with E-state index >= 15 is 0 Å². The molecule has 0 aliphatic carbocycles. The summed E-state index contributed by atoms with van der Waals surface area (Å²) in [6.07, 6.45) is 52.9. The van der Waals surface area contributed by atoms with Gasteiger partial charge in [0, 0.05) is 12.8 Å². The minimum Gasteiger partial charge on any atom is -0.466 e. The molecule has 0 aliphatic heterocycles. The first-order chi connectivity index (χ1) is 27.0. The summed E-state index contributed by atoms with van der Waals surface area (Å²) in [7, 11) is 0. The molecule has 0 radical (unpaired) electrons. The van der Waals surface area contributed by atoms with Crippen LogP contribution < -0.4 is 5.32 Å². The van der Waals surface area contributed by atoms with Crippen molar-refractivity contribution < 1.29 is 24.5 Å². The molecular formula is C49H91NO5. The van der Waals surface area contributed by atoms with E-state index in [1.807, 2.05) is 12.2 Å². The van der Waals surface area contributed by atoms with Crippen LogP contribution in [0.15, 0.2) is 36.5 Å². The van der Waals surface area contributed by atoms with Gasteiger partial charge in [-0.3, -0.25) is 9.59 Å². The maximum atomic E-state index is 12.3. The molecule has 0 rings (SSSR count). The number of rotatable bonds is 43. The van der Waals surface area contributed by atoms with E-state index in [-0.39, 0.29) is 18.5 Å². The summed E-state index contributed by atoms with van der Waals surface area (Å²) in [5.41, 5.74) is 0. The van der Waals surface area contributed by atoms with Crippen molar-refractivity contribution in [2.24, 2.45) is 0 Å². The van der Waals surface area contributed by atoms with Crippen molar-refractivity contribution in [1.82, 2.24) is 5.32 Å². The number of unbranched alkanes of at least 4 members (excludes halogenated alkanes) is 28. The fourth-order valence-electron chi connectivity index (χ4n) is 6.98. The summed E-state index contributed by atoms with van der Waals surface area (Å²) in [5, 5.41) is 22.8. The van der Waals surface area contributed by atoms with Crippen LogP contribution in [-0.2, 0) is 14.3 Å². The van der Waals surface area contributed by atoms with Gasteiger partial charge in [-0.2, -0.15) is 0 Å². The molecular weight excluding hydrogens is 683 g/mol. The van der Waals surface area contributed by atoms with E-state index in [4.69, 9.17) is 4.74 Å². The van der Waals surface area contributed by atoms with Gasteiger partial charge < -0.3 is 20.3 Å². The number of hydrogen-bond acceptors (Lipinski definition) is 5. The lowest BCUT2D eigenvalue weighted by atomic mass is 10.0. The zero-order valence-electron chi connectivity index (χ0n) is 36.4. The van der Waals surface area contributed by atoms with Gasteiger partial charge in [0.2, 0.25) is 5.91 Å². The molecule has 0 spiro atoms. The molecule has 0 saturated heterocycles. The predicted octanol–water partition coefficient (Wildman–Crippen LogP) is 13.7. The molecule has 2 atom stereocenters. The highest BCUT2D eigenvalue weighted by Gasteiger charge is 2.17. The van der Waals surface area contributed by atoms with Crippen LogP contribution in [0.25, 0.3) is 0 Å². The number of nitrogens with one attached hydrogen (secondary N) is 1. The van der Waals surface area contributed by atoms with E-state index in [0.29, 0.717) is 25.9 Å². The lowest BCUT2D eigenvalue weighted by molar-refractivity contribution is -0.143. The Kier molecular flexibility index (Phi) is 43.2. The molecule has 0 fully saturated rings. The van der Waals surface area contributed by atoms with Crippen molar-refractivity contribution in [3.05, 3.63) is 36.5 Å². The Morgan fingerprint density at radius 1 is 0.509 bits per heavy atom. The van der Waals surface area contributed by atoms with Crippen LogP contribution in [0.5, 0.6) is 0 Å². The van der Waals surface area contributed by atoms with Gasteiger partial charge in [-0.15, -0.1) is 0 Å². The minimum absolute atomic E-state index is 0.0168. The number of carbonyl (C=O) groups is 2. The molecule has 1 amide bonds. The van der Waals surface area contributed by atoms with E-state index in [9.17, 15) is 19.8 Å². The smallest absolute Gasteiger partial charge is 0.305 e. The number of aliphatic hydroxyl groups excluding tert-OH is 2. The second kappa shape index (κ2) is 44.8. The van der Waals surface area contributed by atoms with Crippen LogP contribution in [0.2, 0.25) is 0 Å². The van der Waals surface area contributed by atoms with E-state index in [0.717, 1.165) is 51.4 Å². The molecule has 6 heteroatoms. The molecule has 55 heavy (non-hydrogen) atoms. The lowest BCUT2D eigenvalue weighted by Crippen LogP contribution is -2.45. The number of aliphatic hydroxyl groups is 2. The third kappa shape index (κ3) is 41.5. The maximum Gasteiger partial charge on any atom is 0.305 e. The predicted molar refractivity (Wildman–Crippen MR) is 236 cm³/mol. The van der Waals surface area contributed by atoms with Gasteiger partial charge in [0.1, 0.15) is 0 Å². The first kappa shape index (κ1) is 53.1. The lowest BCUT2D eigenvalue weighted by Gasteiger charge is -2.19. The number of esters is 1. The van der Waals surface area contributed by atoms with E-state index in [1.165, 1.54) is 154 Å². The van der Waals surface area contributed by atoms with Gasteiger partial charge >= 0.3 is 5.97 Å². The Labute approximate surface area is 341 Å². The molecule has 0 aliphatic rings. The Morgan fingerprint density at radius 2 is 0.927 bits per heavy atom. The highest BCUT2D eigenvalue weighted by Crippen LogP contribution is 2.15. The fraction of sp³-hybridized carbons (Fsp3) is 0.837. The van der Waals surface area contributed by atoms with Crippen molar-refractivity contribution in [1.29, 1.82) is 0 Å². The van der Waals surface area contributed by atoms with Gasteiger partial charge in [-0.25, -0.2) is 0 Å². The molecule has 0 bridgehead atoms. The SMILES string of the molecule is CCCCCCCCCC/C=C/C(O)C(CO)NC(=O)CC/C=C\C/C=C\CCCCCCCCOC(=O)CCCCCCCCCCCCCCCCC. The number of hydrogen-bond donors (Lipinski definition) is 3. The van der Waals surface area contributed by atoms with Crippen LogP contribution in [0, 0.1) is 0 Å². The van der Waals surface area contributed by atoms with E-state index < -0.39 is 12.1 Å². The van der Waals surface area contributed by atoms with E-state index in [1.54, 1.807) is 6.08 Å². The first-order valence-electron chi connectivity index (χ1n) is 23.8. The first-order valence-corrected chi connectivity index (χ1v) is 23.8. The summed E-state index contributed by atoms with van der Waals surface area (Å²) in [6.45, 7) is 4.81. The second-order valence-corrected chi connectivity index (χ2v) is 16.1. The average molecular weight is 774 g/mol. The minimum atomic E-state index is -0.876. The highest BCUT2D eigenvalue weighted by molar-refractivity contribution is 5.76. The quantitative estimate of drug-likeness (QED) is 0.0326. The molecule has 0 heterocycles. The summed E-state index contributed by atoms with van der Waals surface area (Å²) in [5.74, 6) is -0.168. The van der Waals surface area contributed by atoms with Gasteiger partial charge in [0.25, 0.3) is 0 Å². The molecule has 0 aromatic heterocycles. The van der Waals surface area contributed by atoms with Gasteiger partial charge in [-0.05, 0) is 51.4 Å². The van der Waals surface area contributed by atoms with Gasteiger partial charge in [0.05, 0.1) is 25.4 Å². The zero-order valence-corrected chi connectivity index (χ0v) is 36.4. The maximum absolute atomic E-state index is 12.3. The molecule has 0 aromatic carbocycles. The third-order valence-corrected chi connectivity index (χ3v) is 10.7. The summed E-state index contributed by atoms with van der Waals surface area (Å²) in [6, 6.07) is -0.669. The number of ether oxygens (including phenoxy) is 1. The van der Waals surface area contributed by atoms with Crippen molar-refractivity contribution in [3.63, 3.8) is 0 Å². The Balaban J connectivity index is 3.56. The van der Waals surface area contributed by atoms with Crippen molar-refractivity contribution in [2.75, 3.05) is 13.2 Å². The standard InChI is InChI=1S/C49H91NO5/c1-3-5-7-9-11-13-15-16-17-20-23-27-31-35-39-43-49(54)55-44-40-36-32-28-24-21-18-19-22-26-30-34-38-42-48(53)50-46(45-51)47(52)41-37-33-29-25-14-12-10-8-6-4-2/h19,22,30,34,37,41,46-47,51-52H,3-18,20-21,23-29,31-33,35-36,38-40,42-45H2,1-2H3,(H,50,53)/b22-19-,34-30-,41-37+. The number of allylic oxidation sites excluding steroid dienone is 5. The van der Waals surface area contributed by atoms with E-state index in [2.05, 4.69) is 37.4 Å². The van der Waals surface area contributed by atoms with Crippen molar-refractivity contribution in [3.8, 4) is 0 Å². The molecule has 3 N–H and O–H groups in total. The molecule has 6 nitrogen and oxygen atoms in total. The highest BCUT2D eigenvalue weighted by atomic mass is 16.5. The third-order valence-electron chi connectivity index (χ3n) is 10.7. The summed E-state index contributed by atoms with van der Waals surface area (Å²) < 4.78 is 5.45. The number of carbonyl (C=O) groups excluding carboxylic acids is 2. The summed E-state index contributed by atoms with van der Waals surface area (Å²) >= 11 is 0. The van der Waals surface area contributed by atoms with Crippen LogP contribution >= 0.6 is 0 Å². The van der Waals surface area contributed by atoms with Crippen LogP contribution in [0.4, 0.5) is 0 Å².